The maximum Gasteiger partial charge on any atom is 0.0708 e. The first-order chi connectivity index (χ1) is 12.8. The molecule has 0 unspecified atom stereocenters. The van der Waals surface area contributed by atoms with E-state index < -0.39 is 10.0 Å². The third-order valence-corrected chi connectivity index (χ3v) is 7.64. The molecule has 0 saturated heterocycles. The maximum atomic E-state index is 4.96. The normalized spacial score (nSPS) is 12.8. The summed E-state index contributed by atoms with van der Waals surface area (Å²) in [7, 11) is -0.800. The van der Waals surface area contributed by atoms with Crippen molar-refractivity contribution >= 4 is 10.0 Å². The quantitative estimate of drug-likeness (QED) is 0.449. The highest BCUT2D eigenvalue weighted by Gasteiger charge is 2.21. The van der Waals surface area contributed by atoms with Gasteiger partial charge in [-0.05, 0) is 92.0 Å². The molecule has 1 aromatic heterocycles. The molecule has 27 heavy (non-hydrogen) atoms. The fourth-order valence-corrected chi connectivity index (χ4v) is 5.40. The molecule has 1 heterocycles. The Hall–Kier alpha value is -1.28. The van der Waals surface area contributed by atoms with Gasteiger partial charge in [0.15, 0.2) is 0 Å². The van der Waals surface area contributed by atoms with Crippen LogP contribution in [-0.2, 0) is 0 Å². The van der Waals surface area contributed by atoms with E-state index in [1.54, 1.807) is 0 Å². The van der Waals surface area contributed by atoms with Gasteiger partial charge in [-0.3, -0.25) is 4.98 Å². The zero-order valence-corrected chi connectivity index (χ0v) is 19.5. The summed E-state index contributed by atoms with van der Waals surface area (Å²) < 4.78 is 0. The van der Waals surface area contributed by atoms with E-state index in [4.69, 9.17) is 4.98 Å². The SMILES string of the molecule is CCC(CC)c1ccc(C)c(-c2cc(C(CC)CC)c(S(C)(C)C)cn2)c1. The van der Waals surface area contributed by atoms with Crippen molar-refractivity contribution in [2.45, 2.75) is 77.0 Å². The van der Waals surface area contributed by atoms with Crippen molar-refractivity contribution in [2.24, 2.45) is 0 Å². The predicted molar refractivity (Wildman–Crippen MR) is 125 cm³/mol. The monoisotopic (exact) mass is 385 g/mol. The van der Waals surface area contributed by atoms with E-state index in [1.165, 1.54) is 52.8 Å². The Balaban J connectivity index is 2.63. The van der Waals surface area contributed by atoms with Gasteiger partial charge in [0.05, 0.1) is 5.69 Å². The molecule has 0 atom stereocenters. The first kappa shape index (κ1) is 22.0. The van der Waals surface area contributed by atoms with Crippen LogP contribution in [0.1, 0.15) is 81.9 Å². The molecular weight excluding hydrogens is 346 g/mol. The van der Waals surface area contributed by atoms with Crippen molar-refractivity contribution in [1.82, 2.24) is 4.98 Å². The zero-order valence-electron chi connectivity index (χ0n) is 18.7. The van der Waals surface area contributed by atoms with Gasteiger partial charge in [-0.25, -0.2) is 10.0 Å². The molecule has 0 aliphatic carbocycles. The highest BCUT2D eigenvalue weighted by molar-refractivity contribution is 8.32. The average Bonchev–Trinajstić information content (AvgIpc) is 2.64. The largest absolute Gasteiger partial charge is 0.255 e. The van der Waals surface area contributed by atoms with Gasteiger partial charge in [-0.15, -0.1) is 0 Å². The van der Waals surface area contributed by atoms with Crippen LogP contribution in [0.5, 0.6) is 0 Å². The molecule has 150 valence electrons. The molecule has 0 aliphatic heterocycles. The molecule has 1 nitrogen and oxygen atoms in total. The van der Waals surface area contributed by atoms with Crippen LogP contribution in [0, 0.1) is 6.92 Å². The average molecular weight is 386 g/mol. The lowest BCUT2D eigenvalue weighted by Gasteiger charge is -2.31. The van der Waals surface area contributed by atoms with Crippen LogP contribution >= 0.6 is 10.0 Å². The van der Waals surface area contributed by atoms with E-state index in [2.05, 4.69) is 83.8 Å². The Kier molecular flexibility index (Phi) is 7.56. The van der Waals surface area contributed by atoms with E-state index in [1.807, 2.05) is 0 Å². The smallest absolute Gasteiger partial charge is 0.0708 e. The lowest BCUT2D eigenvalue weighted by molar-refractivity contribution is 0.629. The van der Waals surface area contributed by atoms with Crippen molar-refractivity contribution in [3.63, 3.8) is 0 Å². The number of aromatic nitrogens is 1. The first-order valence-electron chi connectivity index (χ1n) is 10.6. The van der Waals surface area contributed by atoms with E-state index in [0.717, 1.165) is 5.69 Å². The number of pyridine rings is 1. The van der Waals surface area contributed by atoms with Crippen molar-refractivity contribution in [3.05, 3.63) is 47.2 Å². The summed E-state index contributed by atoms with van der Waals surface area (Å²) in [5, 5.41) is 0. The summed E-state index contributed by atoms with van der Waals surface area (Å²) in [5.74, 6) is 1.26. The van der Waals surface area contributed by atoms with E-state index >= 15 is 0 Å². The molecule has 0 aliphatic rings. The van der Waals surface area contributed by atoms with E-state index in [9.17, 15) is 0 Å². The molecule has 2 aromatic rings. The van der Waals surface area contributed by atoms with Gasteiger partial charge in [-0.1, -0.05) is 39.8 Å². The molecule has 0 saturated carbocycles. The number of hydrogen-bond acceptors (Lipinski definition) is 1. The second-order valence-electron chi connectivity index (χ2n) is 8.55. The van der Waals surface area contributed by atoms with E-state index in [-0.39, 0.29) is 0 Å². The lowest BCUT2D eigenvalue weighted by atomic mass is 9.89. The third-order valence-electron chi connectivity index (χ3n) is 5.98. The third kappa shape index (κ3) is 4.96. The van der Waals surface area contributed by atoms with Gasteiger partial charge in [0.1, 0.15) is 0 Å². The van der Waals surface area contributed by atoms with Crippen LogP contribution in [0.2, 0.25) is 0 Å². The molecule has 0 fully saturated rings. The minimum Gasteiger partial charge on any atom is -0.255 e. The molecule has 0 spiro atoms. The standard InChI is InChI=1S/C25H39NS/c1-9-19(10-2)21-14-13-18(5)22(15-21)24-16-23(20(11-3)12-4)25(17-26-24)27(6,7)8/h13-17,19-20H,9-12H2,1-8H3. The van der Waals surface area contributed by atoms with Crippen molar-refractivity contribution in [2.75, 3.05) is 18.8 Å². The predicted octanol–water partition coefficient (Wildman–Crippen LogP) is 7.92. The molecule has 2 rings (SSSR count). The van der Waals surface area contributed by atoms with Crippen molar-refractivity contribution in [1.29, 1.82) is 0 Å². The molecular formula is C25H39NS. The minimum atomic E-state index is -0.800. The van der Waals surface area contributed by atoms with Crippen LogP contribution in [0.3, 0.4) is 0 Å². The maximum absolute atomic E-state index is 4.96. The molecule has 1 aromatic carbocycles. The molecule has 2 heteroatoms. The molecule has 0 N–H and O–H groups in total. The number of aryl methyl sites for hydroxylation is 1. The van der Waals surface area contributed by atoms with Crippen LogP contribution < -0.4 is 0 Å². The lowest BCUT2D eigenvalue weighted by Crippen LogP contribution is -2.06. The first-order valence-corrected chi connectivity index (χ1v) is 13.4. The fraction of sp³-hybridized carbons (Fsp3) is 0.560. The Morgan fingerprint density at radius 3 is 1.96 bits per heavy atom. The summed E-state index contributed by atoms with van der Waals surface area (Å²) in [5.41, 5.74) is 6.76. The van der Waals surface area contributed by atoms with Crippen LogP contribution in [0.4, 0.5) is 0 Å². The summed E-state index contributed by atoms with van der Waals surface area (Å²) in [6.07, 6.45) is 14.1. The Labute approximate surface area is 169 Å². The van der Waals surface area contributed by atoms with Gasteiger partial charge in [0, 0.05) is 16.7 Å². The van der Waals surface area contributed by atoms with Crippen LogP contribution in [-0.4, -0.2) is 23.8 Å². The number of hydrogen-bond donors (Lipinski definition) is 0. The van der Waals surface area contributed by atoms with Gasteiger partial charge in [0.25, 0.3) is 0 Å². The zero-order chi connectivity index (χ0) is 20.2. The highest BCUT2D eigenvalue weighted by Crippen LogP contribution is 2.50. The fourth-order valence-electron chi connectivity index (χ4n) is 4.09. The van der Waals surface area contributed by atoms with Crippen LogP contribution in [0.25, 0.3) is 11.3 Å². The summed E-state index contributed by atoms with van der Waals surface area (Å²) in [6, 6.07) is 9.40. The molecule has 0 amide bonds. The van der Waals surface area contributed by atoms with Gasteiger partial charge in [-0.2, -0.15) is 0 Å². The summed E-state index contributed by atoms with van der Waals surface area (Å²) in [4.78, 5) is 6.44. The number of benzene rings is 1. The summed E-state index contributed by atoms with van der Waals surface area (Å²) >= 11 is 0. The van der Waals surface area contributed by atoms with Gasteiger partial charge < -0.3 is 0 Å². The minimum absolute atomic E-state index is 0.621. The van der Waals surface area contributed by atoms with E-state index in [0.29, 0.717) is 11.8 Å². The second kappa shape index (κ2) is 9.28. The Morgan fingerprint density at radius 1 is 0.852 bits per heavy atom. The van der Waals surface area contributed by atoms with Gasteiger partial charge in [0.2, 0.25) is 0 Å². The van der Waals surface area contributed by atoms with Gasteiger partial charge >= 0.3 is 0 Å². The highest BCUT2D eigenvalue weighted by atomic mass is 32.3. The molecule has 0 radical (unpaired) electrons. The topological polar surface area (TPSA) is 12.9 Å². The second-order valence-corrected chi connectivity index (χ2v) is 12.7. The van der Waals surface area contributed by atoms with Crippen molar-refractivity contribution in [3.8, 4) is 11.3 Å². The summed E-state index contributed by atoms with van der Waals surface area (Å²) in [6.45, 7) is 11.4. The van der Waals surface area contributed by atoms with Crippen LogP contribution in [0.15, 0.2) is 35.4 Å². The Morgan fingerprint density at radius 2 is 1.44 bits per heavy atom. The number of nitrogens with zero attached hydrogens (tertiary/aromatic N) is 1. The number of rotatable bonds is 8. The Bertz CT molecular complexity index is 749. The van der Waals surface area contributed by atoms with Crippen molar-refractivity contribution < 1.29 is 0 Å². The molecule has 0 bridgehead atoms.